The van der Waals surface area contributed by atoms with Gasteiger partial charge in [0.2, 0.25) is 0 Å². The quantitative estimate of drug-likeness (QED) is 0.754. The van der Waals surface area contributed by atoms with E-state index in [-0.39, 0.29) is 5.92 Å². The molecule has 0 heterocycles. The molecule has 0 aromatic heterocycles. The molecule has 0 saturated carbocycles. The Bertz CT molecular complexity index is 590. The van der Waals surface area contributed by atoms with Crippen LogP contribution in [0.25, 0.3) is 0 Å². The Morgan fingerprint density at radius 2 is 1.89 bits per heavy atom. The predicted molar refractivity (Wildman–Crippen MR) is 82.6 cm³/mol. The Kier molecular flexibility index (Phi) is 4.54. The summed E-state index contributed by atoms with van der Waals surface area (Å²) in [6, 6.07) is 14.3. The Hall–Kier alpha value is -1.41. The van der Waals surface area contributed by atoms with Gasteiger partial charge in [-0.15, -0.1) is 0 Å². The van der Waals surface area contributed by atoms with Gasteiger partial charge in [-0.25, -0.2) is 0 Å². The Balaban J connectivity index is 2.30. The highest BCUT2D eigenvalue weighted by molar-refractivity contribution is 9.10. The van der Waals surface area contributed by atoms with Crippen LogP contribution >= 0.6 is 15.9 Å². The summed E-state index contributed by atoms with van der Waals surface area (Å²) in [5.41, 5.74) is 4.76. The zero-order valence-corrected chi connectivity index (χ0v) is 12.8. The molecule has 2 rings (SSSR count). The summed E-state index contributed by atoms with van der Waals surface area (Å²) in [5, 5.41) is 0. The van der Waals surface area contributed by atoms with Gasteiger partial charge in [0, 0.05) is 10.4 Å². The third-order valence-electron chi connectivity index (χ3n) is 3.55. The average molecular weight is 317 g/mol. The number of halogens is 1. The second-order valence-electron chi connectivity index (χ2n) is 4.87. The zero-order chi connectivity index (χ0) is 13.8. The third-order valence-corrected chi connectivity index (χ3v) is 4.05. The van der Waals surface area contributed by atoms with Crippen molar-refractivity contribution in [2.75, 3.05) is 0 Å². The molecule has 0 N–H and O–H groups in total. The van der Waals surface area contributed by atoms with Crippen LogP contribution in [0.15, 0.2) is 46.9 Å². The van der Waals surface area contributed by atoms with Crippen molar-refractivity contribution in [3.8, 4) is 0 Å². The Morgan fingerprint density at radius 3 is 2.58 bits per heavy atom. The molecule has 0 bridgehead atoms. The van der Waals surface area contributed by atoms with E-state index < -0.39 is 0 Å². The summed E-state index contributed by atoms with van der Waals surface area (Å²) >= 11 is 3.47. The number of carbonyl (C=O) groups excluding carboxylic acids is 1. The number of carbonyl (C=O) groups is 1. The van der Waals surface area contributed by atoms with Crippen LogP contribution in [0.2, 0.25) is 0 Å². The molecule has 0 amide bonds. The summed E-state index contributed by atoms with van der Waals surface area (Å²) in [5.74, 6) is -0.0748. The first-order chi connectivity index (χ1) is 9.11. The molecule has 0 saturated heterocycles. The van der Waals surface area contributed by atoms with Crippen LogP contribution in [0.5, 0.6) is 0 Å². The molecular weight excluding hydrogens is 300 g/mol. The van der Waals surface area contributed by atoms with Crippen molar-refractivity contribution in [3.63, 3.8) is 0 Å². The van der Waals surface area contributed by atoms with Gasteiger partial charge in [-0.2, -0.15) is 0 Å². The number of aldehydes is 1. The lowest BCUT2D eigenvalue weighted by molar-refractivity contribution is -0.109. The van der Waals surface area contributed by atoms with Gasteiger partial charge < -0.3 is 4.79 Å². The van der Waals surface area contributed by atoms with Gasteiger partial charge in [-0.05, 0) is 54.7 Å². The number of hydrogen-bond donors (Lipinski definition) is 0. The normalized spacial score (nSPS) is 12.2. The van der Waals surface area contributed by atoms with Gasteiger partial charge >= 0.3 is 0 Å². The lowest BCUT2D eigenvalue weighted by atomic mass is 9.89. The van der Waals surface area contributed by atoms with Crippen LogP contribution in [0.3, 0.4) is 0 Å². The van der Waals surface area contributed by atoms with Crippen molar-refractivity contribution in [2.24, 2.45) is 0 Å². The molecule has 0 fully saturated rings. The fourth-order valence-corrected chi connectivity index (χ4v) is 2.77. The van der Waals surface area contributed by atoms with Crippen LogP contribution in [-0.2, 0) is 11.2 Å². The topological polar surface area (TPSA) is 17.1 Å². The second-order valence-corrected chi connectivity index (χ2v) is 5.78. The number of aryl methyl sites for hydroxylation is 1. The molecule has 0 aliphatic rings. The lowest BCUT2D eigenvalue weighted by Gasteiger charge is -2.15. The van der Waals surface area contributed by atoms with Crippen molar-refractivity contribution in [1.82, 2.24) is 0 Å². The van der Waals surface area contributed by atoms with E-state index in [1.54, 1.807) is 0 Å². The van der Waals surface area contributed by atoms with Crippen LogP contribution < -0.4 is 0 Å². The Labute approximate surface area is 122 Å². The molecule has 1 nitrogen and oxygen atoms in total. The average Bonchev–Trinajstić information content (AvgIpc) is 2.40. The summed E-state index contributed by atoms with van der Waals surface area (Å²) in [4.78, 5) is 11.4. The van der Waals surface area contributed by atoms with Crippen molar-refractivity contribution in [2.45, 2.75) is 26.2 Å². The highest BCUT2D eigenvalue weighted by Gasteiger charge is 2.14. The summed E-state index contributed by atoms with van der Waals surface area (Å²) in [6.45, 7) is 4.17. The second kappa shape index (κ2) is 6.16. The summed E-state index contributed by atoms with van der Waals surface area (Å²) in [6.07, 6.45) is 1.80. The minimum absolute atomic E-state index is 0.0748. The third kappa shape index (κ3) is 3.32. The molecule has 0 aliphatic carbocycles. The molecule has 2 aromatic rings. The molecule has 0 aliphatic heterocycles. The fourth-order valence-electron chi connectivity index (χ4n) is 2.32. The van der Waals surface area contributed by atoms with E-state index >= 15 is 0 Å². The fraction of sp³-hybridized carbons (Fsp3) is 0.235. The first-order valence-electron chi connectivity index (χ1n) is 6.37. The van der Waals surface area contributed by atoms with Gasteiger partial charge in [0.05, 0.1) is 0 Å². The van der Waals surface area contributed by atoms with E-state index in [0.717, 1.165) is 22.7 Å². The standard InChI is InChI=1S/C17H17BrO/c1-12-5-3-8-17(13(12)2)15(11-19)9-14-6-4-7-16(18)10-14/h3-8,10-11,15H,9H2,1-2H3. The molecule has 2 aromatic carbocycles. The first kappa shape index (κ1) is 14.0. The van der Waals surface area contributed by atoms with E-state index in [0.29, 0.717) is 0 Å². The van der Waals surface area contributed by atoms with Crippen molar-refractivity contribution >= 4 is 22.2 Å². The maximum absolute atomic E-state index is 11.4. The maximum atomic E-state index is 11.4. The van der Waals surface area contributed by atoms with E-state index in [1.165, 1.54) is 16.7 Å². The van der Waals surface area contributed by atoms with E-state index in [9.17, 15) is 4.79 Å². The van der Waals surface area contributed by atoms with Gasteiger partial charge in [0.25, 0.3) is 0 Å². The molecule has 19 heavy (non-hydrogen) atoms. The first-order valence-corrected chi connectivity index (χ1v) is 7.17. The number of rotatable bonds is 4. The van der Waals surface area contributed by atoms with Crippen molar-refractivity contribution in [3.05, 3.63) is 69.2 Å². The minimum atomic E-state index is -0.0748. The monoisotopic (exact) mass is 316 g/mol. The van der Waals surface area contributed by atoms with Gasteiger partial charge in [-0.3, -0.25) is 0 Å². The van der Waals surface area contributed by atoms with Crippen molar-refractivity contribution < 1.29 is 4.79 Å². The summed E-state index contributed by atoms with van der Waals surface area (Å²) in [7, 11) is 0. The molecule has 98 valence electrons. The van der Waals surface area contributed by atoms with Crippen LogP contribution in [0, 0.1) is 13.8 Å². The molecule has 0 radical (unpaired) electrons. The lowest BCUT2D eigenvalue weighted by Crippen LogP contribution is -2.07. The molecule has 1 atom stereocenters. The Morgan fingerprint density at radius 1 is 1.16 bits per heavy atom. The van der Waals surface area contributed by atoms with Gasteiger partial charge in [0.15, 0.2) is 0 Å². The maximum Gasteiger partial charge on any atom is 0.127 e. The van der Waals surface area contributed by atoms with Gasteiger partial charge in [-0.1, -0.05) is 46.3 Å². The number of hydrogen-bond acceptors (Lipinski definition) is 1. The van der Waals surface area contributed by atoms with Crippen LogP contribution in [0.1, 0.15) is 28.2 Å². The largest absolute Gasteiger partial charge is 0.303 e. The highest BCUT2D eigenvalue weighted by atomic mass is 79.9. The van der Waals surface area contributed by atoms with Crippen molar-refractivity contribution in [1.29, 1.82) is 0 Å². The summed E-state index contributed by atoms with van der Waals surface area (Å²) < 4.78 is 1.05. The van der Waals surface area contributed by atoms with Crippen LogP contribution in [0.4, 0.5) is 0 Å². The number of benzene rings is 2. The molecule has 2 heteroatoms. The van der Waals surface area contributed by atoms with Gasteiger partial charge in [0.1, 0.15) is 6.29 Å². The molecular formula is C17H17BrO. The minimum Gasteiger partial charge on any atom is -0.303 e. The molecule has 1 unspecified atom stereocenters. The van der Waals surface area contributed by atoms with E-state index in [1.807, 2.05) is 18.2 Å². The smallest absolute Gasteiger partial charge is 0.127 e. The molecule has 0 spiro atoms. The van der Waals surface area contributed by atoms with E-state index in [4.69, 9.17) is 0 Å². The SMILES string of the molecule is Cc1cccc(C(C=O)Cc2cccc(Br)c2)c1C. The zero-order valence-electron chi connectivity index (χ0n) is 11.2. The van der Waals surface area contributed by atoms with Crippen LogP contribution in [-0.4, -0.2) is 6.29 Å². The predicted octanol–water partition coefficient (Wildman–Crippen LogP) is 4.59. The highest BCUT2D eigenvalue weighted by Crippen LogP contribution is 2.25. The van der Waals surface area contributed by atoms with E-state index in [2.05, 4.69) is 54.0 Å².